The van der Waals surface area contributed by atoms with E-state index in [0.717, 1.165) is 22.1 Å². The van der Waals surface area contributed by atoms with Crippen molar-refractivity contribution in [2.75, 3.05) is 4.90 Å². The van der Waals surface area contributed by atoms with Crippen LogP contribution in [0.3, 0.4) is 0 Å². The third-order valence-corrected chi connectivity index (χ3v) is 6.90. The van der Waals surface area contributed by atoms with Gasteiger partial charge in [0.15, 0.2) is 10.3 Å². The van der Waals surface area contributed by atoms with Crippen LogP contribution in [-0.2, 0) is 10.5 Å². The van der Waals surface area contributed by atoms with Crippen molar-refractivity contribution in [2.45, 2.75) is 24.8 Å². The highest BCUT2D eigenvalue weighted by atomic mass is 35.5. The smallest absolute Gasteiger partial charge is 0.230 e. The molecule has 31 heavy (non-hydrogen) atoms. The van der Waals surface area contributed by atoms with E-state index in [4.69, 9.17) is 23.2 Å². The van der Waals surface area contributed by atoms with Gasteiger partial charge >= 0.3 is 0 Å². The van der Waals surface area contributed by atoms with Crippen LogP contribution in [0.2, 0.25) is 10.0 Å². The van der Waals surface area contributed by atoms with E-state index in [9.17, 15) is 4.79 Å². The molecule has 0 aliphatic heterocycles. The number of carbonyl (C=O) groups excluding carboxylic acids is 1. The normalized spacial score (nSPS) is 11.0. The second-order valence-electron chi connectivity index (χ2n) is 6.66. The van der Waals surface area contributed by atoms with Gasteiger partial charge in [-0.2, -0.15) is 0 Å². The van der Waals surface area contributed by atoms with E-state index in [2.05, 4.69) is 15.2 Å². The van der Waals surface area contributed by atoms with Crippen LogP contribution in [0.15, 0.2) is 59.3 Å². The van der Waals surface area contributed by atoms with Crippen LogP contribution < -0.4 is 4.90 Å². The zero-order valence-electron chi connectivity index (χ0n) is 16.6. The molecule has 2 aromatic carbocycles. The van der Waals surface area contributed by atoms with Crippen molar-refractivity contribution in [3.05, 3.63) is 75.5 Å². The van der Waals surface area contributed by atoms with E-state index >= 15 is 0 Å². The van der Waals surface area contributed by atoms with Crippen molar-refractivity contribution in [3.63, 3.8) is 0 Å². The van der Waals surface area contributed by atoms with Crippen molar-refractivity contribution in [3.8, 4) is 5.69 Å². The summed E-state index contributed by atoms with van der Waals surface area (Å²) in [6.45, 7) is 3.47. The van der Waals surface area contributed by atoms with Crippen molar-refractivity contribution in [1.29, 1.82) is 0 Å². The Morgan fingerprint density at radius 2 is 2.06 bits per heavy atom. The van der Waals surface area contributed by atoms with E-state index in [1.807, 2.05) is 47.2 Å². The van der Waals surface area contributed by atoms with E-state index in [0.29, 0.717) is 26.6 Å². The molecule has 4 rings (SSSR count). The van der Waals surface area contributed by atoms with Crippen molar-refractivity contribution in [1.82, 2.24) is 19.7 Å². The molecule has 0 saturated heterocycles. The van der Waals surface area contributed by atoms with Crippen LogP contribution in [0, 0.1) is 6.92 Å². The summed E-state index contributed by atoms with van der Waals surface area (Å²) >= 11 is 15.3. The fraction of sp³-hybridized carbons (Fsp3) is 0.143. The van der Waals surface area contributed by atoms with Gasteiger partial charge in [0.2, 0.25) is 5.91 Å². The second kappa shape index (κ2) is 9.40. The molecule has 0 atom stereocenters. The average Bonchev–Trinajstić information content (AvgIpc) is 3.38. The molecule has 0 spiro atoms. The van der Waals surface area contributed by atoms with Gasteiger partial charge in [-0.15, -0.1) is 21.5 Å². The first kappa shape index (κ1) is 21.8. The van der Waals surface area contributed by atoms with Crippen LogP contribution in [0.25, 0.3) is 5.69 Å². The molecule has 0 radical (unpaired) electrons. The zero-order chi connectivity index (χ0) is 22.0. The van der Waals surface area contributed by atoms with Crippen molar-refractivity contribution >= 4 is 63.0 Å². The quantitative estimate of drug-likeness (QED) is 0.296. The average molecular weight is 490 g/mol. The number of anilines is 2. The summed E-state index contributed by atoms with van der Waals surface area (Å²) in [5.74, 6) is 0.447. The Labute approximate surface area is 197 Å². The van der Waals surface area contributed by atoms with Gasteiger partial charge in [-0.1, -0.05) is 47.1 Å². The monoisotopic (exact) mass is 489 g/mol. The molecule has 0 aliphatic rings. The standard InChI is InChI=1S/C21H17Cl2N5OS2/c1-13-6-7-17(9-19(13)23)27-12-24-26-21(27)31-11-16-10-30-20(25-16)28(14(2)29)18-5-3-4-15(22)8-18/h3-10,12H,11H2,1-2H3. The highest BCUT2D eigenvalue weighted by molar-refractivity contribution is 7.98. The molecule has 10 heteroatoms. The van der Waals surface area contributed by atoms with Gasteiger partial charge in [0.1, 0.15) is 6.33 Å². The number of benzene rings is 2. The minimum absolute atomic E-state index is 0.133. The molecule has 0 unspecified atom stereocenters. The van der Waals surface area contributed by atoms with Gasteiger partial charge in [0, 0.05) is 28.1 Å². The first-order chi connectivity index (χ1) is 14.9. The summed E-state index contributed by atoms with van der Waals surface area (Å²) in [5, 5.41) is 12.8. The maximum Gasteiger partial charge on any atom is 0.230 e. The number of nitrogens with zero attached hydrogens (tertiary/aromatic N) is 5. The van der Waals surface area contributed by atoms with Gasteiger partial charge in [-0.3, -0.25) is 14.3 Å². The van der Waals surface area contributed by atoms with Crippen molar-refractivity contribution in [2.24, 2.45) is 0 Å². The number of aryl methyl sites for hydroxylation is 1. The number of amides is 1. The predicted molar refractivity (Wildman–Crippen MR) is 127 cm³/mol. The molecular formula is C21H17Cl2N5OS2. The van der Waals surface area contributed by atoms with Gasteiger partial charge in [0.05, 0.1) is 17.1 Å². The minimum atomic E-state index is -0.133. The summed E-state index contributed by atoms with van der Waals surface area (Å²) in [6, 6.07) is 13.0. The summed E-state index contributed by atoms with van der Waals surface area (Å²) in [7, 11) is 0. The molecule has 4 aromatic rings. The fourth-order valence-electron chi connectivity index (χ4n) is 2.88. The molecule has 2 heterocycles. The molecule has 0 saturated carbocycles. The molecule has 0 bridgehead atoms. The molecule has 0 N–H and O–H groups in total. The number of hydrogen-bond acceptors (Lipinski definition) is 6. The molecule has 1 amide bonds. The maximum atomic E-state index is 12.3. The summed E-state index contributed by atoms with van der Waals surface area (Å²) < 4.78 is 1.89. The Kier molecular flexibility index (Phi) is 6.62. The number of halogens is 2. The first-order valence-electron chi connectivity index (χ1n) is 9.22. The lowest BCUT2D eigenvalue weighted by atomic mass is 10.2. The number of aromatic nitrogens is 4. The van der Waals surface area contributed by atoms with Crippen LogP contribution in [-0.4, -0.2) is 25.7 Å². The third-order valence-electron chi connectivity index (χ3n) is 4.41. The van der Waals surface area contributed by atoms with E-state index < -0.39 is 0 Å². The lowest BCUT2D eigenvalue weighted by Crippen LogP contribution is -2.22. The minimum Gasteiger partial charge on any atom is -0.277 e. The van der Waals surface area contributed by atoms with Crippen molar-refractivity contribution < 1.29 is 4.79 Å². The Hall–Kier alpha value is -2.39. The molecule has 6 nitrogen and oxygen atoms in total. The first-order valence-corrected chi connectivity index (χ1v) is 11.8. The number of thioether (sulfide) groups is 1. The lowest BCUT2D eigenvalue weighted by molar-refractivity contribution is -0.115. The second-order valence-corrected chi connectivity index (χ2v) is 9.28. The molecular weight excluding hydrogens is 473 g/mol. The van der Waals surface area contributed by atoms with E-state index in [-0.39, 0.29) is 5.91 Å². The van der Waals surface area contributed by atoms with E-state index in [1.54, 1.807) is 23.4 Å². The zero-order valence-corrected chi connectivity index (χ0v) is 19.8. The SMILES string of the molecule is CC(=O)N(c1cccc(Cl)c1)c1nc(CSc2nncn2-c2ccc(C)c(Cl)c2)cs1. The van der Waals surface area contributed by atoms with Crippen LogP contribution in [0.5, 0.6) is 0 Å². The lowest BCUT2D eigenvalue weighted by Gasteiger charge is -2.18. The van der Waals surface area contributed by atoms with Crippen LogP contribution >= 0.6 is 46.3 Å². The number of hydrogen-bond donors (Lipinski definition) is 0. The highest BCUT2D eigenvalue weighted by Crippen LogP contribution is 2.32. The van der Waals surface area contributed by atoms with Crippen LogP contribution in [0.1, 0.15) is 18.2 Å². The third kappa shape index (κ3) is 4.93. The van der Waals surface area contributed by atoms with Gasteiger partial charge in [-0.25, -0.2) is 4.98 Å². The Morgan fingerprint density at radius 1 is 1.23 bits per heavy atom. The molecule has 0 fully saturated rings. The molecule has 2 aromatic heterocycles. The fourth-order valence-corrected chi connectivity index (χ4v) is 5.05. The molecule has 0 aliphatic carbocycles. The largest absolute Gasteiger partial charge is 0.277 e. The topological polar surface area (TPSA) is 63.9 Å². The number of thiazole rings is 1. The van der Waals surface area contributed by atoms with Gasteiger partial charge in [-0.05, 0) is 42.8 Å². The van der Waals surface area contributed by atoms with E-state index in [1.165, 1.54) is 30.0 Å². The molecule has 158 valence electrons. The summed E-state index contributed by atoms with van der Waals surface area (Å²) in [4.78, 5) is 18.5. The Morgan fingerprint density at radius 3 is 2.81 bits per heavy atom. The highest BCUT2D eigenvalue weighted by Gasteiger charge is 2.19. The number of carbonyl (C=O) groups is 1. The number of rotatable bonds is 6. The van der Waals surface area contributed by atoms with Gasteiger partial charge in [0.25, 0.3) is 0 Å². The maximum absolute atomic E-state index is 12.3. The van der Waals surface area contributed by atoms with Gasteiger partial charge < -0.3 is 0 Å². The Bertz CT molecular complexity index is 1240. The summed E-state index contributed by atoms with van der Waals surface area (Å²) in [6.07, 6.45) is 1.66. The Balaban J connectivity index is 1.52. The predicted octanol–water partition coefficient (Wildman–Crippen LogP) is 6.32. The summed E-state index contributed by atoms with van der Waals surface area (Å²) in [5.41, 5.74) is 3.43. The van der Waals surface area contributed by atoms with Crippen LogP contribution in [0.4, 0.5) is 10.8 Å².